The summed E-state index contributed by atoms with van der Waals surface area (Å²) in [5.74, 6) is -0.123. The first kappa shape index (κ1) is 15.9. The number of carbonyl (C=O) groups excluding carboxylic acids is 1. The van der Waals surface area contributed by atoms with E-state index < -0.39 is 0 Å². The van der Waals surface area contributed by atoms with Crippen molar-refractivity contribution in [2.24, 2.45) is 0 Å². The molecule has 0 radical (unpaired) electrons. The van der Waals surface area contributed by atoms with Gasteiger partial charge in [-0.2, -0.15) is 0 Å². The first-order chi connectivity index (χ1) is 10.0. The Balaban J connectivity index is 1.91. The van der Waals surface area contributed by atoms with Crippen LogP contribution in [-0.2, 0) is 11.2 Å². The van der Waals surface area contributed by atoms with Crippen molar-refractivity contribution in [3.63, 3.8) is 0 Å². The predicted molar refractivity (Wildman–Crippen MR) is 98.4 cm³/mol. The zero-order valence-electron chi connectivity index (χ0n) is 11.5. The fourth-order valence-electron chi connectivity index (χ4n) is 1.87. The summed E-state index contributed by atoms with van der Waals surface area (Å²) in [7, 11) is 0. The molecule has 108 valence electrons. The number of rotatable bonds is 3. The number of anilines is 1. The molecule has 0 aliphatic rings. The number of amides is 1. The molecule has 0 atom stereocenters. The van der Waals surface area contributed by atoms with E-state index in [1.54, 1.807) is 0 Å². The van der Waals surface area contributed by atoms with Gasteiger partial charge in [0, 0.05) is 9.26 Å². The Morgan fingerprint density at radius 1 is 1.19 bits per heavy atom. The van der Waals surface area contributed by atoms with Crippen molar-refractivity contribution < 1.29 is 4.79 Å². The summed E-state index contributed by atoms with van der Waals surface area (Å²) in [6, 6.07) is 15.6. The lowest BCUT2D eigenvalue weighted by molar-refractivity contribution is -0.119. The van der Waals surface area contributed by atoms with Crippen LogP contribution in [0, 0.1) is 10.5 Å². The van der Waals surface area contributed by atoms with Gasteiger partial charge in [0.05, 0.1) is 6.42 Å². The molecule has 0 fully saturated rings. The highest BCUT2D eigenvalue weighted by molar-refractivity contribution is 14.1. The van der Waals surface area contributed by atoms with E-state index in [-0.39, 0.29) is 5.91 Å². The van der Waals surface area contributed by atoms with Crippen molar-refractivity contribution in [2.45, 2.75) is 13.3 Å². The Kier molecular flexibility index (Phi) is 5.69. The quantitative estimate of drug-likeness (QED) is 0.600. The number of hydrogen-bond acceptors (Lipinski definition) is 2. The van der Waals surface area contributed by atoms with Gasteiger partial charge in [-0.1, -0.05) is 30.3 Å². The summed E-state index contributed by atoms with van der Waals surface area (Å²) in [5, 5.41) is 6.07. The molecule has 0 heterocycles. The molecular formula is C16H15IN2OS. The Hall–Kier alpha value is -1.47. The van der Waals surface area contributed by atoms with Gasteiger partial charge in [-0.25, -0.2) is 0 Å². The summed E-state index contributed by atoms with van der Waals surface area (Å²) in [6.07, 6.45) is 0.314. The van der Waals surface area contributed by atoms with E-state index in [1.165, 1.54) is 0 Å². The molecule has 2 aromatic carbocycles. The predicted octanol–water partition coefficient (Wildman–Crippen LogP) is 3.66. The molecule has 3 nitrogen and oxygen atoms in total. The van der Waals surface area contributed by atoms with Crippen LogP contribution in [-0.4, -0.2) is 11.0 Å². The number of nitrogens with one attached hydrogen (secondary N) is 2. The van der Waals surface area contributed by atoms with Crippen molar-refractivity contribution >= 4 is 51.5 Å². The van der Waals surface area contributed by atoms with Crippen LogP contribution in [0.3, 0.4) is 0 Å². The molecule has 0 bridgehead atoms. The maximum Gasteiger partial charge on any atom is 0.230 e. The fourth-order valence-corrected chi connectivity index (χ4v) is 2.74. The third-order valence-corrected chi connectivity index (χ3v) is 3.77. The second-order valence-corrected chi connectivity index (χ2v) is 6.28. The minimum absolute atomic E-state index is 0.123. The monoisotopic (exact) mass is 410 g/mol. The van der Waals surface area contributed by atoms with Crippen LogP contribution in [0.2, 0.25) is 0 Å². The number of thiocarbonyl (C=S) groups is 1. The van der Waals surface area contributed by atoms with E-state index >= 15 is 0 Å². The van der Waals surface area contributed by atoms with Crippen LogP contribution in [0.5, 0.6) is 0 Å². The van der Waals surface area contributed by atoms with Crippen molar-refractivity contribution in [2.75, 3.05) is 5.32 Å². The van der Waals surface area contributed by atoms with E-state index in [4.69, 9.17) is 12.2 Å². The highest BCUT2D eigenvalue weighted by atomic mass is 127. The van der Waals surface area contributed by atoms with Gasteiger partial charge in [0.2, 0.25) is 5.91 Å². The largest absolute Gasteiger partial charge is 0.332 e. The van der Waals surface area contributed by atoms with Crippen LogP contribution in [0.15, 0.2) is 48.5 Å². The van der Waals surface area contributed by atoms with Crippen molar-refractivity contribution in [3.8, 4) is 0 Å². The lowest BCUT2D eigenvalue weighted by Crippen LogP contribution is -2.35. The lowest BCUT2D eigenvalue weighted by Gasteiger charge is -2.12. The molecule has 2 rings (SSSR count). The highest BCUT2D eigenvalue weighted by Crippen LogP contribution is 2.17. The SMILES string of the molecule is Cc1cc(I)ccc1NC(=S)NC(=O)Cc1ccccc1. The van der Waals surface area contributed by atoms with Crippen molar-refractivity contribution in [1.29, 1.82) is 0 Å². The summed E-state index contributed by atoms with van der Waals surface area (Å²) in [4.78, 5) is 11.9. The van der Waals surface area contributed by atoms with Gasteiger partial charge in [-0.15, -0.1) is 0 Å². The second kappa shape index (κ2) is 7.51. The van der Waals surface area contributed by atoms with Gasteiger partial charge >= 0.3 is 0 Å². The van der Waals surface area contributed by atoms with Crippen LogP contribution < -0.4 is 10.6 Å². The molecule has 0 aliphatic heterocycles. The number of aryl methyl sites for hydroxylation is 1. The van der Waals surface area contributed by atoms with E-state index in [1.807, 2.05) is 49.4 Å². The third-order valence-electron chi connectivity index (χ3n) is 2.90. The molecule has 0 unspecified atom stereocenters. The molecule has 5 heteroatoms. The van der Waals surface area contributed by atoms with Crippen LogP contribution in [0.25, 0.3) is 0 Å². The first-order valence-electron chi connectivity index (χ1n) is 6.45. The highest BCUT2D eigenvalue weighted by Gasteiger charge is 2.07. The molecular weight excluding hydrogens is 395 g/mol. The molecule has 2 aromatic rings. The minimum atomic E-state index is -0.123. The van der Waals surface area contributed by atoms with Crippen molar-refractivity contribution in [3.05, 3.63) is 63.2 Å². The minimum Gasteiger partial charge on any atom is -0.332 e. The van der Waals surface area contributed by atoms with Gasteiger partial charge in [0.25, 0.3) is 0 Å². The summed E-state index contributed by atoms with van der Waals surface area (Å²) < 4.78 is 1.16. The maximum atomic E-state index is 11.9. The Morgan fingerprint density at radius 3 is 2.57 bits per heavy atom. The van der Waals surface area contributed by atoms with Gasteiger partial charge in [-0.3, -0.25) is 4.79 Å². The van der Waals surface area contributed by atoms with Gasteiger partial charge < -0.3 is 10.6 Å². The molecule has 0 aromatic heterocycles. The average Bonchev–Trinajstić information content (AvgIpc) is 2.43. The topological polar surface area (TPSA) is 41.1 Å². The zero-order chi connectivity index (χ0) is 15.2. The summed E-state index contributed by atoms with van der Waals surface area (Å²) >= 11 is 7.43. The Labute approximate surface area is 143 Å². The first-order valence-corrected chi connectivity index (χ1v) is 7.94. The van der Waals surface area contributed by atoms with Gasteiger partial charge in [0.1, 0.15) is 0 Å². The van der Waals surface area contributed by atoms with Crippen LogP contribution in [0.1, 0.15) is 11.1 Å². The molecule has 2 N–H and O–H groups in total. The third kappa shape index (κ3) is 5.09. The van der Waals surface area contributed by atoms with E-state index in [9.17, 15) is 4.79 Å². The van der Waals surface area contributed by atoms with Crippen molar-refractivity contribution in [1.82, 2.24) is 5.32 Å². The van der Waals surface area contributed by atoms with E-state index in [0.717, 1.165) is 20.4 Å². The number of benzene rings is 2. The average molecular weight is 410 g/mol. The number of hydrogen-bond donors (Lipinski definition) is 2. The standard InChI is InChI=1S/C16H15IN2OS/c1-11-9-13(17)7-8-14(11)18-16(21)19-15(20)10-12-5-3-2-4-6-12/h2-9H,10H2,1H3,(H2,18,19,20,21). The van der Waals surface area contributed by atoms with Crippen LogP contribution in [0.4, 0.5) is 5.69 Å². The van der Waals surface area contributed by atoms with Gasteiger partial charge in [-0.05, 0) is 71.1 Å². The zero-order valence-corrected chi connectivity index (χ0v) is 14.5. The fraction of sp³-hybridized carbons (Fsp3) is 0.125. The molecule has 1 amide bonds. The number of halogens is 1. The molecule has 0 aliphatic carbocycles. The molecule has 0 saturated carbocycles. The van der Waals surface area contributed by atoms with Gasteiger partial charge in [0.15, 0.2) is 5.11 Å². The number of carbonyl (C=O) groups is 1. The second-order valence-electron chi connectivity index (χ2n) is 4.62. The Bertz CT molecular complexity index is 659. The van der Waals surface area contributed by atoms with E-state index in [0.29, 0.717) is 11.5 Å². The summed E-state index contributed by atoms with van der Waals surface area (Å²) in [6.45, 7) is 2.00. The molecule has 21 heavy (non-hydrogen) atoms. The maximum absolute atomic E-state index is 11.9. The smallest absolute Gasteiger partial charge is 0.230 e. The molecule has 0 spiro atoms. The van der Waals surface area contributed by atoms with Crippen LogP contribution >= 0.6 is 34.8 Å². The lowest BCUT2D eigenvalue weighted by atomic mass is 10.1. The molecule has 0 saturated heterocycles. The summed E-state index contributed by atoms with van der Waals surface area (Å²) in [5.41, 5.74) is 2.95. The normalized spacial score (nSPS) is 10.0. The Morgan fingerprint density at radius 2 is 1.90 bits per heavy atom. The van der Waals surface area contributed by atoms with E-state index in [2.05, 4.69) is 39.3 Å².